The van der Waals surface area contributed by atoms with Crippen molar-refractivity contribution in [1.29, 1.82) is 0 Å². The molecule has 1 aromatic heterocycles. The van der Waals surface area contributed by atoms with Gasteiger partial charge in [0.15, 0.2) is 5.82 Å². The second-order valence-corrected chi connectivity index (χ2v) is 5.22. The van der Waals surface area contributed by atoms with Gasteiger partial charge in [-0.1, -0.05) is 19.0 Å². The molecule has 0 radical (unpaired) electrons. The van der Waals surface area contributed by atoms with Gasteiger partial charge in [0.2, 0.25) is 5.91 Å². The number of aromatic nitrogens is 2. The molecule has 100 valence electrons. The van der Waals surface area contributed by atoms with Crippen molar-refractivity contribution in [1.82, 2.24) is 15.0 Å². The number of anilines is 1. The molecule has 1 aromatic rings. The molecule has 0 aliphatic carbocycles. The average molecular weight is 252 g/mol. The third-order valence-corrected chi connectivity index (χ3v) is 3.12. The number of carbonyl (C=O) groups is 1. The largest absolute Gasteiger partial charge is 0.338 e. The Hall–Kier alpha value is -1.59. The molecule has 2 rings (SSSR count). The van der Waals surface area contributed by atoms with Crippen LogP contribution in [0.2, 0.25) is 0 Å². The van der Waals surface area contributed by atoms with Crippen LogP contribution in [0.25, 0.3) is 0 Å². The predicted molar refractivity (Wildman–Crippen MR) is 67.3 cm³/mol. The number of rotatable bonds is 4. The van der Waals surface area contributed by atoms with E-state index in [1.54, 1.807) is 0 Å². The summed E-state index contributed by atoms with van der Waals surface area (Å²) in [5, 5.41) is 6.88. The third-order valence-electron chi connectivity index (χ3n) is 3.12. The Morgan fingerprint density at radius 1 is 1.39 bits per heavy atom. The lowest BCUT2D eigenvalue weighted by molar-refractivity contribution is -0.129. The first-order valence-electron chi connectivity index (χ1n) is 6.39. The van der Waals surface area contributed by atoms with Crippen molar-refractivity contribution in [2.45, 2.75) is 52.1 Å². The van der Waals surface area contributed by atoms with Gasteiger partial charge in [0.05, 0.1) is 0 Å². The molecule has 18 heavy (non-hydrogen) atoms. The van der Waals surface area contributed by atoms with E-state index in [0.29, 0.717) is 11.8 Å². The summed E-state index contributed by atoms with van der Waals surface area (Å²) >= 11 is 0. The van der Waals surface area contributed by atoms with E-state index < -0.39 is 0 Å². The molecule has 1 N–H and O–H groups in total. The fourth-order valence-electron chi connectivity index (χ4n) is 2.03. The fourth-order valence-corrected chi connectivity index (χ4v) is 2.03. The van der Waals surface area contributed by atoms with Gasteiger partial charge in [0.25, 0.3) is 0 Å². The molecule has 2 heterocycles. The van der Waals surface area contributed by atoms with Crippen LogP contribution in [0.4, 0.5) is 6.01 Å². The Morgan fingerprint density at radius 3 is 2.61 bits per heavy atom. The highest BCUT2D eigenvalue weighted by atomic mass is 16.5. The molecule has 1 amide bonds. The Balaban J connectivity index is 2.00. The molecule has 0 bridgehead atoms. The van der Waals surface area contributed by atoms with E-state index in [0.717, 1.165) is 13.0 Å². The molecule has 1 aliphatic rings. The number of amides is 1. The maximum Gasteiger partial charge on any atom is 0.322 e. The molecule has 6 nitrogen and oxygen atoms in total. The van der Waals surface area contributed by atoms with Gasteiger partial charge in [-0.05, 0) is 20.3 Å². The molecule has 0 unspecified atom stereocenters. The first-order valence-corrected chi connectivity index (χ1v) is 6.39. The van der Waals surface area contributed by atoms with Gasteiger partial charge in [-0.15, -0.1) is 0 Å². The number of hydrogen-bond acceptors (Lipinski definition) is 5. The molecular formula is C12H20N4O2. The van der Waals surface area contributed by atoms with Crippen LogP contribution in [0.3, 0.4) is 0 Å². The molecule has 1 aliphatic heterocycles. The summed E-state index contributed by atoms with van der Waals surface area (Å²) in [7, 11) is 0. The molecule has 1 fully saturated rings. The Kier molecular flexibility index (Phi) is 3.54. The molecular weight excluding hydrogens is 232 g/mol. The SMILES string of the molecule is CC(C)c1noc(N[C@@H]2CCN(C(C)C)C2=O)n1. The third kappa shape index (κ3) is 2.47. The summed E-state index contributed by atoms with van der Waals surface area (Å²) < 4.78 is 5.09. The van der Waals surface area contributed by atoms with Crippen LogP contribution >= 0.6 is 0 Å². The van der Waals surface area contributed by atoms with E-state index in [2.05, 4.69) is 15.5 Å². The number of likely N-dealkylation sites (tertiary alicyclic amines) is 1. The zero-order valence-electron chi connectivity index (χ0n) is 11.3. The Labute approximate surface area is 107 Å². The topological polar surface area (TPSA) is 71.3 Å². The molecule has 0 saturated carbocycles. The maximum atomic E-state index is 12.1. The van der Waals surface area contributed by atoms with E-state index in [1.165, 1.54) is 0 Å². The van der Waals surface area contributed by atoms with Crippen molar-refractivity contribution >= 4 is 11.9 Å². The average Bonchev–Trinajstić information content (AvgIpc) is 2.87. The van der Waals surface area contributed by atoms with Crippen molar-refractivity contribution < 1.29 is 9.32 Å². The minimum atomic E-state index is -0.243. The lowest BCUT2D eigenvalue weighted by Gasteiger charge is -2.20. The monoisotopic (exact) mass is 252 g/mol. The summed E-state index contributed by atoms with van der Waals surface area (Å²) in [6.07, 6.45) is 0.774. The van der Waals surface area contributed by atoms with Crippen LogP contribution in [-0.2, 0) is 4.79 Å². The van der Waals surface area contributed by atoms with Gasteiger partial charge >= 0.3 is 6.01 Å². The van der Waals surface area contributed by atoms with Crippen LogP contribution in [0.15, 0.2) is 4.52 Å². The highest BCUT2D eigenvalue weighted by Crippen LogP contribution is 2.19. The summed E-state index contributed by atoms with van der Waals surface area (Å²) in [6.45, 7) is 8.80. The lowest BCUT2D eigenvalue weighted by atomic mass is 10.2. The number of carbonyl (C=O) groups excluding carboxylic acids is 1. The van der Waals surface area contributed by atoms with Crippen LogP contribution in [0, 0.1) is 0 Å². The zero-order chi connectivity index (χ0) is 13.3. The van der Waals surface area contributed by atoms with E-state index in [9.17, 15) is 4.79 Å². The molecule has 0 spiro atoms. The van der Waals surface area contributed by atoms with Crippen molar-refractivity contribution in [2.75, 3.05) is 11.9 Å². The number of hydrogen-bond donors (Lipinski definition) is 1. The van der Waals surface area contributed by atoms with Gasteiger partial charge in [-0.3, -0.25) is 4.79 Å². The van der Waals surface area contributed by atoms with E-state index in [1.807, 2.05) is 32.6 Å². The quantitative estimate of drug-likeness (QED) is 0.881. The molecule has 1 atom stereocenters. The second-order valence-electron chi connectivity index (χ2n) is 5.22. The summed E-state index contributed by atoms with van der Waals surface area (Å²) in [4.78, 5) is 18.1. The molecule has 0 aromatic carbocycles. The zero-order valence-corrected chi connectivity index (χ0v) is 11.3. The van der Waals surface area contributed by atoms with Crippen molar-refractivity contribution in [2.24, 2.45) is 0 Å². The summed E-state index contributed by atoms with van der Waals surface area (Å²) in [5.74, 6) is 0.980. The molecule has 1 saturated heterocycles. The van der Waals surface area contributed by atoms with Crippen LogP contribution in [-0.4, -0.2) is 39.6 Å². The maximum absolute atomic E-state index is 12.1. The van der Waals surface area contributed by atoms with Gasteiger partial charge in [-0.25, -0.2) is 0 Å². The van der Waals surface area contributed by atoms with Gasteiger partial charge < -0.3 is 14.7 Å². The highest BCUT2D eigenvalue weighted by Gasteiger charge is 2.33. The van der Waals surface area contributed by atoms with Crippen molar-refractivity contribution in [3.05, 3.63) is 5.82 Å². The Bertz CT molecular complexity index is 427. The smallest absolute Gasteiger partial charge is 0.322 e. The first kappa shape index (κ1) is 12.9. The van der Waals surface area contributed by atoms with Crippen molar-refractivity contribution in [3.63, 3.8) is 0 Å². The van der Waals surface area contributed by atoms with Gasteiger partial charge in [-0.2, -0.15) is 4.98 Å². The van der Waals surface area contributed by atoms with Gasteiger partial charge in [0, 0.05) is 18.5 Å². The van der Waals surface area contributed by atoms with E-state index >= 15 is 0 Å². The fraction of sp³-hybridized carbons (Fsp3) is 0.750. The van der Waals surface area contributed by atoms with Crippen LogP contribution < -0.4 is 5.32 Å². The standard InChI is InChI=1S/C12H20N4O2/c1-7(2)10-14-12(18-15-10)13-9-5-6-16(8(3)4)11(9)17/h7-9H,5-6H2,1-4H3,(H,13,14,15)/t9-/m1/s1. The lowest BCUT2D eigenvalue weighted by Crippen LogP contribution is -2.37. The summed E-state index contributed by atoms with van der Waals surface area (Å²) in [6, 6.07) is 0.328. The number of nitrogens with one attached hydrogen (secondary N) is 1. The van der Waals surface area contributed by atoms with Crippen LogP contribution in [0.1, 0.15) is 45.9 Å². The normalized spacial score (nSPS) is 20.2. The highest BCUT2D eigenvalue weighted by molar-refractivity contribution is 5.86. The Morgan fingerprint density at radius 2 is 2.11 bits per heavy atom. The van der Waals surface area contributed by atoms with Gasteiger partial charge in [0.1, 0.15) is 6.04 Å². The predicted octanol–water partition coefficient (Wildman–Crippen LogP) is 1.61. The van der Waals surface area contributed by atoms with E-state index in [4.69, 9.17) is 4.52 Å². The number of nitrogens with zero attached hydrogens (tertiary/aromatic N) is 3. The van der Waals surface area contributed by atoms with E-state index in [-0.39, 0.29) is 23.9 Å². The minimum Gasteiger partial charge on any atom is -0.338 e. The minimum absolute atomic E-state index is 0.106. The second kappa shape index (κ2) is 4.96. The van der Waals surface area contributed by atoms with Crippen molar-refractivity contribution in [3.8, 4) is 0 Å². The summed E-state index contributed by atoms with van der Waals surface area (Å²) in [5.41, 5.74) is 0. The van der Waals surface area contributed by atoms with Crippen LogP contribution in [0.5, 0.6) is 0 Å². The molecule has 6 heteroatoms. The first-order chi connectivity index (χ1) is 8.49.